The van der Waals surface area contributed by atoms with Crippen LogP contribution in [0.15, 0.2) is 18.3 Å². The molecule has 1 N–H and O–H groups in total. The average molecular weight is 501 g/mol. The molecule has 0 aromatic carbocycles. The Morgan fingerprint density at radius 1 is 1.25 bits per heavy atom. The number of aromatic nitrogens is 5. The van der Waals surface area contributed by atoms with Crippen molar-refractivity contribution in [2.45, 2.75) is 65.8 Å². The van der Waals surface area contributed by atoms with Crippen molar-refractivity contribution in [1.29, 1.82) is 0 Å². The number of fused-ring (bicyclic) bond motifs is 1. The van der Waals surface area contributed by atoms with Crippen molar-refractivity contribution in [1.82, 2.24) is 29.6 Å². The molecule has 3 aromatic rings. The van der Waals surface area contributed by atoms with Gasteiger partial charge in [-0.15, -0.1) is 5.10 Å². The number of anilines is 2. The summed E-state index contributed by atoms with van der Waals surface area (Å²) in [6.45, 7) is 13.9. The molecule has 0 unspecified atom stereocenters. The number of nitrogens with one attached hydrogen (secondary N) is 1. The van der Waals surface area contributed by atoms with Crippen LogP contribution in [0.5, 0.6) is 0 Å². The summed E-state index contributed by atoms with van der Waals surface area (Å²) in [5.74, 6) is -2.78. The van der Waals surface area contributed by atoms with E-state index in [1.807, 2.05) is 13.8 Å². The molecule has 4 heterocycles. The molecule has 11 heteroatoms. The van der Waals surface area contributed by atoms with Crippen LogP contribution in [0.4, 0.5) is 20.4 Å². The predicted octanol–water partition coefficient (Wildman–Crippen LogP) is 4.32. The minimum atomic E-state index is -3.21. The van der Waals surface area contributed by atoms with Gasteiger partial charge in [0.15, 0.2) is 11.6 Å². The maximum absolute atomic E-state index is 14.3. The summed E-state index contributed by atoms with van der Waals surface area (Å²) < 4.78 is 30.2. The first-order valence-corrected chi connectivity index (χ1v) is 12.4. The maximum Gasteiger partial charge on any atom is 0.303 e. The quantitative estimate of drug-likeness (QED) is 0.492. The third-order valence-electron chi connectivity index (χ3n) is 6.58. The minimum Gasteiger partial charge on any atom is -0.353 e. The molecule has 0 radical (unpaired) electrons. The first-order chi connectivity index (χ1) is 17.0. The molecule has 1 atom stereocenters. The van der Waals surface area contributed by atoms with Crippen molar-refractivity contribution >= 4 is 28.4 Å². The molecule has 0 aliphatic carbocycles. The Balaban J connectivity index is 1.87. The van der Waals surface area contributed by atoms with Gasteiger partial charge in [0.25, 0.3) is 0 Å². The van der Waals surface area contributed by atoms with Crippen LogP contribution >= 0.6 is 0 Å². The summed E-state index contributed by atoms with van der Waals surface area (Å²) in [4.78, 5) is 29.0. The molecule has 0 saturated carbocycles. The fourth-order valence-corrected chi connectivity index (χ4v) is 4.68. The highest BCUT2D eigenvalue weighted by molar-refractivity contribution is 5.95. The predicted molar refractivity (Wildman–Crippen MR) is 136 cm³/mol. The van der Waals surface area contributed by atoms with Crippen LogP contribution in [0.25, 0.3) is 16.7 Å². The van der Waals surface area contributed by atoms with Crippen LogP contribution in [-0.2, 0) is 10.7 Å². The summed E-state index contributed by atoms with van der Waals surface area (Å²) in [5.41, 5.74) is 1.12. The van der Waals surface area contributed by atoms with E-state index in [4.69, 9.17) is 5.10 Å². The Morgan fingerprint density at radius 2 is 1.97 bits per heavy atom. The smallest absolute Gasteiger partial charge is 0.303 e. The summed E-state index contributed by atoms with van der Waals surface area (Å²) in [6, 6.07) is 3.80. The monoisotopic (exact) mass is 500 g/mol. The normalized spacial score (nSPS) is 16.5. The van der Waals surface area contributed by atoms with Gasteiger partial charge in [0.2, 0.25) is 11.7 Å². The van der Waals surface area contributed by atoms with Crippen LogP contribution in [-0.4, -0.2) is 67.8 Å². The molecule has 0 bridgehead atoms. The number of amides is 1. The van der Waals surface area contributed by atoms with Crippen LogP contribution in [0.1, 0.15) is 65.4 Å². The van der Waals surface area contributed by atoms with Gasteiger partial charge in [-0.3, -0.25) is 9.69 Å². The largest absolute Gasteiger partial charge is 0.353 e. The van der Waals surface area contributed by atoms with Gasteiger partial charge >= 0.3 is 5.92 Å². The van der Waals surface area contributed by atoms with E-state index in [0.29, 0.717) is 23.1 Å². The second-order valence-corrected chi connectivity index (χ2v) is 9.63. The second kappa shape index (κ2) is 10.0. The van der Waals surface area contributed by atoms with Gasteiger partial charge in [0.05, 0.1) is 10.9 Å². The standard InChI is InChI=1S/C25H34F2N8O/c1-7-33(8-2)17-9-10-34(14-17)23-18-13-28-21(29-16(5)36)12-20(18)35(32-23)22-11-19(15(3)4)30-24(31-22)25(6,26)27/h11-13,15,17H,7-10,14H2,1-6H3,(H,28,29,36)/t17-/m1/s1. The first kappa shape index (κ1) is 25.9. The number of carbonyl (C=O) groups is 1. The van der Waals surface area contributed by atoms with E-state index in [9.17, 15) is 13.6 Å². The molecule has 3 aromatic heterocycles. The Labute approximate surface area is 209 Å². The van der Waals surface area contributed by atoms with Crippen LogP contribution in [0.3, 0.4) is 0 Å². The Hall–Kier alpha value is -3.21. The lowest BCUT2D eigenvalue weighted by Crippen LogP contribution is -2.37. The molecule has 0 spiro atoms. The first-order valence-electron chi connectivity index (χ1n) is 12.4. The van der Waals surface area contributed by atoms with Gasteiger partial charge in [-0.25, -0.2) is 19.6 Å². The van der Waals surface area contributed by atoms with Crippen molar-refractivity contribution in [3.8, 4) is 5.82 Å². The van der Waals surface area contributed by atoms with Crippen molar-refractivity contribution < 1.29 is 13.6 Å². The summed E-state index contributed by atoms with van der Waals surface area (Å²) in [6.07, 6.45) is 2.68. The summed E-state index contributed by atoms with van der Waals surface area (Å²) in [7, 11) is 0. The zero-order valence-corrected chi connectivity index (χ0v) is 21.7. The zero-order valence-electron chi connectivity index (χ0n) is 21.7. The van der Waals surface area contributed by atoms with Crippen molar-refractivity contribution in [2.75, 3.05) is 36.4 Å². The number of nitrogens with zero attached hydrogens (tertiary/aromatic N) is 7. The van der Waals surface area contributed by atoms with E-state index in [-0.39, 0.29) is 17.6 Å². The molecule has 1 fully saturated rings. The topological polar surface area (TPSA) is 92.1 Å². The summed E-state index contributed by atoms with van der Waals surface area (Å²) >= 11 is 0. The van der Waals surface area contributed by atoms with Gasteiger partial charge in [-0.1, -0.05) is 27.7 Å². The highest BCUT2D eigenvalue weighted by atomic mass is 19.3. The van der Waals surface area contributed by atoms with Crippen LogP contribution in [0, 0.1) is 0 Å². The Bertz CT molecular complexity index is 1250. The lowest BCUT2D eigenvalue weighted by atomic mass is 10.1. The minimum absolute atomic E-state index is 0.0841. The van der Waals surface area contributed by atoms with Gasteiger partial charge in [-0.05, 0) is 25.4 Å². The molecule has 4 rings (SSSR count). The van der Waals surface area contributed by atoms with Gasteiger partial charge < -0.3 is 10.2 Å². The molecule has 194 valence electrons. The van der Waals surface area contributed by atoms with Crippen molar-refractivity contribution in [2.24, 2.45) is 0 Å². The molecule has 1 saturated heterocycles. The number of halogens is 2. The molecular formula is C25H34F2N8O. The maximum atomic E-state index is 14.3. The number of hydrogen-bond acceptors (Lipinski definition) is 7. The van der Waals surface area contributed by atoms with Crippen molar-refractivity contribution in [3.63, 3.8) is 0 Å². The van der Waals surface area contributed by atoms with Crippen LogP contribution < -0.4 is 10.2 Å². The Morgan fingerprint density at radius 3 is 2.58 bits per heavy atom. The van der Waals surface area contributed by atoms with E-state index in [1.165, 1.54) is 6.92 Å². The van der Waals surface area contributed by atoms with E-state index < -0.39 is 11.7 Å². The van der Waals surface area contributed by atoms with Crippen LogP contribution in [0.2, 0.25) is 0 Å². The molecule has 36 heavy (non-hydrogen) atoms. The molecule has 1 amide bonds. The molecule has 9 nitrogen and oxygen atoms in total. The fourth-order valence-electron chi connectivity index (χ4n) is 4.68. The van der Waals surface area contributed by atoms with Gasteiger partial charge in [-0.2, -0.15) is 8.78 Å². The Kier molecular flexibility index (Phi) is 7.21. The number of alkyl halides is 2. The highest BCUT2D eigenvalue weighted by Gasteiger charge is 2.32. The van der Waals surface area contributed by atoms with Gasteiger partial charge in [0, 0.05) is 57.0 Å². The molecule has 1 aliphatic rings. The zero-order chi connectivity index (χ0) is 26.2. The van der Waals surface area contributed by atoms with E-state index in [2.05, 4.69) is 43.9 Å². The number of hydrogen-bond donors (Lipinski definition) is 1. The fraction of sp³-hybridized carbons (Fsp3) is 0.560. The lowest BCUT2D eigenvalue weighted by molar-refractivity contribution is -0.114. The SMILES string of the molecule is CCN(CC)[C@@H]1CCN(c2nn(-c3cc(C(C)C)nc(C(C)(F)F)n3)c3cc(NC(C)=O)ncc23)C1. The van der Waals surface area contributed by atoms with E-state index in [1.54, 1.807) is 23.0 Å². The summed E-state index contributed by atoms with van der Waals surface area (Å²) in [5, 5.41) is 8.32. The number of likely N-dealkylation sites (N-methyl/N-ethyl adjacent to an activating group) is 1. The number of pyridine rings is 1. The van der Waals surface area contributed by atoms with Crippen molar-refractivity contribution in [3.05, 3.63) is 29.8 Å². The highest BCUT2D eigenvalue weighted by Crippen LogP contribution is 2.33. The third kappa shape index (κ3) is 5.16. The number of rotatable bonds is 8. The van der Waals surface area contributed by atoms with E-state index in [0.717, 1.165) is 50.7 Å². The molecule has 1 aliphatic heterocycles. The molecular weight excluding hydrogens is 466 g/mol. The average Bonchev–Trinajstić information content (AvgIpc) is 3.43. The third-order valence-corrected chi connectivity index (χ3v) is 6.58. The number of carbonyl (C=O) groups excluding carboxylic acids is 1. The second-order valence-electron chi connectivity index (χ2n) is 9.63. The van der Waals surface area contributed by atoms with E-state index >= 15 is 0 Å². The van der Waals surface area contributed by atoms with Gasteiger partial charge in [0.1, 0.15) is 5.82 Å². The lowest BCUT2D eigenvalue weighted by Gasteiger charge is -2.26.